The minimum absolute atomic E-state index is 0.0812. The highest BCUT2D eigenvalue weighted by molar-refractivity contribution is 6.53. The van der Waals surface area contributed by atoms with E-state index in [1.165, 1.54) is 4.90 Å². The molecule has 3 aliphatic rings. The lowest BCUT2D eigenvalue weighted by atomic mass is 9.55. The Bertz CT molecular complexity index is 1040. The van der Waals surface area contributed by atoms with E-state index < -0.39 is 31.0 Å². The predicted molar refractivity (Wildman–Crippen MR) is 129 cm³/mol. The number of likely N-dealkylation sites (tertiary alicyclic amines) is 1. The molecule has 0 aromatic heterocycles. The van der Waals surface area contributed by atoms with Crippen LogP contribution in [0.25, 0.3) is 0 Å². The Morgan fingerprint density at radius 1 is 1.11 bits per heavy atom. The van der Waals surface area contributed by atoms with E-state index in [1.54, 1.807) is 0 Å². The topological polar surface area (TPSA) is 124 Å². The zero-order valence-electron chi connectivity index (χ0n) is 20.6. The van der Waals surface area contributed by atoms with Crippen LogP contribution in [0.4, 0.5) is 0 Å². The van der Waals surface area contributed by atoms with Gasteiger partial charge in [0.25, 0.3) is 0 Å². The molecule has 188 valence electrons. The quantitative estimate of drug-likeness (QED) is 0.294. The van der Waals surface area contributed by atoms with Gasteiger partial charge in [-0.05, 0) is 86.2 Å². The van der Waals surface area contributed by atoms with Gasteiger partial charge in [-0.15, -0.1) is 0 Å². The SMILES string of the molecule is CCC1=C2B(O)O[C@H](c3cc(C)c(O)c(C)c3)C[C@H]2[C@H]2C(=O)N(CCCCCC(=O)O)C(=O)[C@H]2C1. The van der Waals surface area contributed by atoms with E-state index in [2.05, 4.69) is 0 Å². The number of hydrogen-bond donors (Lipinski definition) is 3. The largest absolute Gasteiger partial charge is 0.507 e. The van der Waals surface area contributed by atoms with E-state index in [0.29, 0.717) is 45.1 Å². The van der Waals surface area contributed by atoms with Crippen molar-refractivity contribution in [2.75, 3.05) is 6.54 Å². The van der Waals surface area contributed by atoms with Crippen LogP contribution in [0.2, 0.25) is 0 Å². The van der Waals surface area contributed by atoms with Crippen molar-refractivity contribution in [3.05, 3.63) is 39.9 Å². The number of phenolic OH excluding ortho intramolecular Hbond substituents is 1. The molecule has 2 heterocycles. The first kappa shape index (κ1) is 25.4. The highest BCUT2D eigenvalue weighted by atomic mass is 16.5. The number of unbranched alkanes of at least 4 members (excludes halogenated alkanes) is 2. The number of imide groups is 1. The highest BCUT2D eigenvalue weighted by Gasteiger charge is 2.57. The summed E-state index contributed by atoms with van der Waals surface area (Å²) in [5.74, 6) is -2.21. The number of allylic oxidation sites excluding steroid dienone is 2. The van der Waals surface area contributed by atoms with Crippen LogP contribution in [-0.4, -0.2) is 51.6 Å². The van der Waals surface area contributed by atoms with Crippen LogP contribution >= 0.6 is 0 Å². The van der Waals surface area contributed by atoms with Crippen molar-refractivity contribution in [2.24, 2.45) is 17.8 Å². The monoisotopic (exact) mass is 483 g/mol. The number of carboxylic acid groups (broad SMARTS) is 1. The van der Waals surface area contributed by atoms with Crippen molar-refractivity contribution < 1.29 is 34.3 Å². The van der Waals surface area contributed by atoms with Gasteiger partial charge in [-0.1, -0.05) is 18.9 Å². The maximum Gasteiger partial charge on any atom is 0.487 e. The zero-order chi connectivity index (χ0) is 25.4. The van der Waals surface area contributed by atoms with Crippen molar-refractivity contribution in [2.45, 2.75) is 71.8 Å². The third kappa shape index (κ3) is 4.76. The molecule has 35 heavy (non-hydrogen) atoms. The van der Waals surface area contributed by atoms with Crippen LogP contribution in [0.1, 0.15) is 74.7 Å². The van der Waals surface area contributed by atoms with E-state index in [0.717, 1.165) is 27.7 Å². The average Bonchev–Trinajstić information content (AvgIpc) is 3.05. The van der Waals surface area contributed by atoms with E-state index in [4.69, 9.17) is 9.76 Å². The summed E-state index contributed by atoms with van der Waals surface area (Å²) in [6.07, 6.45) is 2.97. The van der Waals surface area contributed by atoms with Crippen LogP contribution in [0.3, 0.4) is 0 Å². The third-order valence-corrected chi connectivity index (χ3v) is 7.89. The number of fused-ring (bicyclic) bond motifs is 3. The molecule has 4 rings (SSSR count). The van der Waals surface area contributed by atoms with Crippen molar-refractivity contribution in [3.63, 3.8) is 0 Å². The number of rotatable bonds is 8. The van der Waals surface area contributed by atoms with Gasteiger partial charge in [-0.3, -0.25) is 19.3 Å². The minimum atomic E-state index is -1.14. The fourth-order valence-corrected chi connectivity index (χ4v) is 6.15. The molecular formula is C26H34BNO7. The normalized spacial score (nSPS) is 26.3. The van der Waals surface area contributed by atoms with Crippen LogP contribution in [0, 0.1) is 31.6 Å². The molecule has 0 spiro atoms. The summed E-state index contributed by atoms with van der Waals surface area (Å²) in [7, 11) is -1.14. The second-order valence-corrected chi connectivity index (χ2v) is 10.1. The standard InChI is InChI=1S/C26H34BNO7/c1-4-16-12-19-22(26(33)28(25(19)32)9-7-5-6-8-21(29)30)18-13-20(35-27(34)23(16)18)17-10-14(2)24(31)15(3)11-17/h10-11,18-20,22,31,34H,4-9,12-13H2,1-3H3,(H,29,30)/t18-,19-,20-,22+/m0/s1. The molecule has 0 radical (unpaired) electrons. The van der Waals surface area contributed by atoms with Gasteiger partial charge in [0.15, 0.2) is 0 Å². The minimum Gasteiger partial charge on any atom is -0.507 e. The Balaban J connectivity index is 1.58. The summed E-state index contributed by atoms with van der Waals surface area (Å²) in [4.78, 5) is 38.9. The molecule has 2 aliphatic heterocycles. The lowest BCUT2D eigenvalue weighted by Gasteiger charge is -2.42. The van der Waals surface area contributed by atoms with Gasteiger partial charge in [0, 0.05) is 13.0 Å². The second-order valence-electron chi connectivity index (χ2n) is 10.1. The molecule has 1 aromatic carbocycles. The lowest BCUT2D eigenvalue weighted by Crippen LogP contribution is -2.44. The van der Waals surface area contributed by atoms with Crippen LogP contribution in [-0.2, 0) is 19.0 Å². The first-order valence-corrected chi connectivity index (χ1v) is 12.6. The maximum atomic E-state index is 13.5. The Labute approximate surface area is 206 Å². The fraction of sp³-hybridized carbons (Fsp3) is 0.577. The summed E-state index contributed by atoms with van der Waals surface area (Å²) >= 11 is 0. The van der Waals surface area contributed by atoms with Crippen molar-refractivity contribution >= 4 is 24.9 Å². The van der Waals surface area contributed by atoms with E-state index in [-0.39, 0.29) is 29.9 Å². The molecule has 8 nitrogen and oxygen atoms in total. The van der Waals surface area contributed by atoms with Crippen molar-refractivity contribution in [1.82, 2.24) is 4.90 Å². The average molecular weight is 483 g/mol. The molecule has 4 atom stereocenters. The van der Waals surface area contributed by atoms with Crippen molar-refractivity contribution in [1.29, 1.82) is 0 Å². The summed E-state index contributed by atoms with van der Waals surface area (Å²) in [6.45, 7) is 5.92. The van der Waals surface area contributed by atoms with E-state index >= 15 is 0 Å². The molecule has 2 saturated heterocycles. The van der Waals surface area contributed by atoms with Crippen LogP contribution < -0.4 is 0 Å². The molecule has 9 heteroatoms. The number of aryl methyl sites for hydroxylation is 2. The number of hydrogen-bond acceptors (Lipinski definition) is 6. The Morgan fingerprint density at radius 3 is 2.43 bits per heavy atom. The predicted octanol–water partition coefficient (Wildman–Crippen LogP) is 3.46. The van der Waals surface area contributed by atoms with Gasteiger partial charge in [-0.25, -0.2) is 0 Å². The molecular weight excluding hydrogens is 449 g/mol. The van der Waals surface area contributed by atoms with E-state index in [1.807, 2.05) is 32.9 Å². The van der Waals surface area contributed by atoms with Gasteiger partial charge in [0.05, 0.1) is 17.9 Å². The van der Waals surface area contributed by atoms with Gasteiger partial charge < -0.3 is 19.9 Å². The van der Waals surface area contributed by atoms with Gasteiger partial charge in [0.2, 0.25) is 11.8 Å². The maximum absolute atomic E-state index is 13.5. The first-order chi connectivity index (χ1) is 16.6. The Hall–Kier alpha value is -2.65. The summed E-state index contributed by atoms with van der Waals surface area (Å²) < 4.78 is 6.03. The molecule has 1 aromatic rings. The summed E-state index contributed by atoms with van der Waals surface area (Å²) in [6, 6.07) is 3.70. The van der Waals surface area contributed by atoms with Crippen LogP contribution in [0.15, 0.2) is 23.2 Å². The number of amides is 2. The highest BCUT2D eigenvalue weighted by Crippen LogP contribution is 2.52. The number of aromatic hydroxyl groups is 1. The molecule has 2 amide bonds. The number of phenols is 1. The molecule has 0 bridgehead atoms. The number of aliphatic carboxylic acids is 1. The number of carbonyl (C=O) groups excluding carboxylic acids is 2. The molecule has 2 fully saturated rings. The number of carboxylic acids is 1. The van der Waals surface area contributed by atoms with Gasteiger partial charge in [0.1, 0.15) is 5.75 Å². The molecule has 3 N–H and O–H groups in total. The summed E-state index contributed by atoms with van der Waals surface area (Å²) in [5, 5.41) is 30.0. The first-order valence-electron chi connectivity index (χ1n) is 12.6. The molecule has 0 unspecified atom stereocenters. The van der Waals surface area contributed by atoms with Crippen molar-refractivity contribution in [3.8, 4) is 5.75 Å². The second kappa shape index (κ2) is 10.1. The van der Waals surface area contributed by atoms with E-state index in [9.17, 15) is 24.5 Å². The van der Waals surface area contributed by atoms with Gasteiger partial charge >= 0.3 is 13.1 Å². The summed E-state index contributed by atoms with van der Waals surface area (Å²) in [5.41, 5.74) is 4.02. The van der Waals surface area contributed by atoms with Gasteiger partial charge in [-0.2, -0.15) is 0 Å². The Kier molecular flexibility index (Phi) is 7.38. The molecule has 1 aliphatic carbocycles. The lowest BCUT2D eigenvalue weighted by molar-refractivity contribution is -0.141. The zero-order valence-corrected chi connectivity index (χ0v) is 20.6. The fourth-order valence-electron chi connectivity index (χ4n) is 6.15. The Morgan fingerprint density at radius 2 is 1.80 bits per heavy atom. The number of carbonyl (C=O) groups is 3. The molecule has 0 saturated carbocycles. The number of benzene rings is 1. The third-order valence-electron chi connectivity index (χ3n) is 7.89. The number of nitrogens with zero attached hydrogens (tertiary/aromatic N) is 1. The smallest absolute Gasteiger partial charge is 0.487 e. The van der Waals surface area contributed by atoms with Crippen LogP contribution in [0.5, 0.6) is 5.75 Å².